The van der Waals surface area contributed by atoms with Gasteiger partial charge in [0.2, 0.25) is 5.89 Å². The Hall–Kier alpha value is -4.27. The Morgan fingerprint density at radius 3 is 2.81 bits per heavy atom. The fourth-order valence-electron chi connectivity index (χ4n) is 3.06. The highest BCUT2D eigenvalue weighted by atomic mass is 16.6. The maximum Gasteiger partial charge on any atom is 0.311 e. The van der Waals surface area contributed by atoms with Crippen LogP contribution in [0.3, 0.4) is 0 Å². The zero-order chi connectivity index (χ0) is 22.0. The average molecular weight is 418 g/mol. The number of nitrogens with zero attached hydrogens (tertiary/aromatic N) is 3. The Morgan fingerprint density at radius 1 is 1.23 bits per heavy atom. The lowest BCUT2D eigenvalue weighted by Gasteiger charge is -2.10. The molecule has 31 heavy (non-hydrogen) atoms. The number of nitro groups is 1. The Morgan fingerprint density at radius 2 is 2.06 bits per heavy atom. The van der Waals surface area contributed by atoms with Crippen LogP contribution < -0.4 is 10.1 Å². The number of carbonyl (C=O) groups excluding carboxylic acids is 1. The summed E-state index contributed by atoms with van der Waals surface area (Å²) in [5.74, 6) is 0.0123. The van der Waals surface area contributed by atoms with E-state index in [9.17, 15) is 14.9 Å². The Bertz CT molecular complexity index is 1270. The second kappa shape index (κ2) is 8.23. The SMILES string of the molecule is CCOc1ccc(C(=O)Nc2cc(-c3nc4ncccc4o3)ccc2C)cc1[N+](=O)[O-]. The molecule has 0 aliphatic carbocycles. The molecular weight excluding hydrogens is 400 g/mol. The van der Waals surface area contributed by atoms with Crippen LogP contribution in [0.1, 0.15) is 22.8 Å². The van der Waals surface area contributed by atoms with Crippen molar-refractivity contribution in [3.63, 3.8) is 0 Å². The van der Waals surface area contributed by atoms with Gasteiger partial charge in [-0.25, -0.2) is 4.98 Å². The Balaban J connectivity index is 1.63. The van der Waals surface area contributed by atoms with E-state index in [0.29, 0.717) is 28.4 Å². The third-order valence-electron chi connectivity index (χ3n) is 4.62. The van der Waals surface area contributed by atoms with Gasteiger partial charge < -0.3 is 14.5 Å². The van der Waals surface area contributed by atoms with Gasteiger partial charge in [0.15, 0.2) is 17.0 Å². The molecule has 9 heteroatoms. The van der Waals surface area contributed by atoms with Gasteiger partial charge in [0.25, 0.3) is 5.91 Å². The molecule has 0 saturated carbocycles. The van der Waals surface area contributed by atoms with Gasteiger partial charge in [-0.2, -0.15) is 4.98 Å². The summed E-state index contributed by atoms with van der Waals surface area (Å²) < 4.78 is 11.0. The van der Waals surface area contributed by atoms with Gasteiger partial charge in [0.1, 0.15) is 0 Å². The van der Waals surface area contributed by atoms with Crippen LogP contribution >= 0.6 is 0 Å². The number of rotatable bonds is 6. The third kappa shape index (κ3) is 4.06. The normalized spacial score (nSPS) is 10.8. The molecule has 0 aliphatic rings. The summed E-state index contributed by atoms with van der Waals surface area (Å²) in [7, 11) is 0. The summed E-state index contributed by atoms with van der Waals surface area (Å²) >= 11 is 0. The maximum atomic E-state index is 12.8. The molecule has 156 valence electrons. The lowest BCUT2D eigenvalue weighted by molar-refractivity contribution is -0.385. The molecule has 0 atom stereocenters. The summed E-state index contributed by atoms with van der Waals surface area (Å²) in [4.78, 5) is 32.1. The molecule has 9 nitrogen and oxygen atoms in total. The van der Waals surface area contributed by atoms with E-state index in [4.69, 9.17) is 9.15 Å². The zero-order valence-corrected chi connectivity index (χ0v) is 16.8. The monoisotopic (exact) mass is 418 g/mol. The third-order valence-corrected chi connectivity index (χ3v) is 4.62. The van der Waals surface area contributed by atoms with Crippen molar-refractivity contribution >= 4 is 28.5 Å². The van der Waals surface area contributed by atoms with Crippen LogP contribution in [0.4, 0.5) is 11.4 Å². The van der Waals surface area contributed by atoms with Gasteiger partial charge in [-0.1, -0.05) is 6.07 Å². The van der Waals surface area contributed by atoms with Crippen molar-refractivity contribution in [1.82, 2.24) is 9.97 Å². The molecule has 0 unspecified atom stereocenters. The van der Waals surface area contributed by atoms with Crippen LogP contribution in [-0.2, 0) is 0 Å². The van der Waals surface area contributed by atoms with Crippen LogP contribution in [0.5, 0.6) is 5.75 Å². The van der Waals surface area contributed by atoms with Crippen molar-refractivity contribution in [1.29, 1.82) is 0 Å². The first-order valence-electron chi connectivity index (χ1n) is 9.51. The average Bonchev–Trinajstić information content (AvgIpc) is 3.20. The van der Waals surface area contributed by atoms with Crippen LogP contribution in [0.25, 0.3) is 22.7 Å². The number of hydrogen-bond acceptors (Lipinski definition) is 7. The molecule has 0 aliphatic heterocycles. The van der Waals surface area contributed by atoms with E-state index in [1.165, 1.54) is 18.2 Å². The molecule has 1 N–H and O–H groups in total. The van der Waals surface area contributed by atoms with E-state index in [1.54, 1.807) is 31.3 Å². The molecule has 2 heterocycles. The topological polar surface area (TPSA) is 120 Å². The number of anilines is 1. The minimum absolute atomic E-state index is 0.117. The summed E-state index contributed by atoms with van der Waals surface area (Å²) in [6.45, 7) is 3.85. The van der Waals surface area contributed by atoms with Crippen LogP contribution in [0.2, 0.25) is 0 Å². The number of benzene rings is 2. The largest absolute Gasteiger partial charge is 0.487 e. The van der Waals surface area contributed by atoms with Gasteiger partial charge in [0, 0.05) is 29.1 Å². The number of fused-ring (bicyclic) bond motifs is 1. The summed E-state index contributed by atoms with van der Waals surface area (Å²) in [5, 5.41) is 14.1. The first-order valence-corrected chi connectivity index (χ1v) is 9.51. The Kier molecular flexibility index (Phi) is 5.31. The highest BCUT2D eigenvalue weighted by Gasteiger charge is 2.19. The van der Waals surface area contributed by atoms with Gasteiger partial charge in [-0.3, -0.25) is 14.9 Å². The number of hydrogen-bond donors (Lipinski definition) is 1. The predicted octanol–water partition coefficient (Wildman–Crippen LogP) is 4.76. The van der Waals surface area contributed by atoms with Crippen LogP contribution in [0.15, 0.2) is 59.1 Å². The van der Waals surface area contributed by atoms with E-state index >= 15 is 0 Å². The smallest absolute Gasteiger partial charge is 0.311 e. The molecule has 0 fully saturated rings. The number of ether oxygens (including phenoxy) is 1. The van der Waals surface area contributed by atoms with Gasteiger partial charge in [-0.05, 0) is 55.8 Å². The molecule has 2 aromatic heterocycles. The molecule has 1 amide bonds. The van der Waals surface area contributed by atoms with Crippen molar-refractivity contribution in [2.45, 2.75) is 13.8 Å². The van der Waals surface area contributed by atoms with E-state index in [-0.39, 0.29) is 23.6 Å². The standard InChI is InChI=1S/C22H18N4O5/c1-3-30-18-9-8-14(12-17(18)26(28)29)21(27)24-16-11-15(7-6-13(16)2)22-25-20-19(31-22)5-4-10-23-20/h4-12H,3H2,1-2H3,(H,24,27). The number of nitrogens with one attached hydrogen (secondary N) is 1. The maximum absolute atomic E-state index is 12.8. The van der Waals surface area contributed by atoms with E-state index in [2.05, 4.69) is 15.3 Å². The number of amides is 1. The number of aromatic nitrogens is 2. The summed E-state index contributed by atoms with van der Waals surface area (Å²) in [6.07, 6.45) is 1.63. The fourth-order valence-corrected chi connectivity index (χ4v) is 3.06. The number of nitro benzene ring substituents is 1. The molecule has 0 saturated heterocycles. The number of aryl methyl sites for hydroxylation is 1. The lowest BCUT2D eigenvalue weighted by Crippen LogP contribution is -2.13. The number of oxazole rings is 1. The van der Waals surface area contributed by atoms with Crippen LogP contribution in [-0.4, -0.2) is 27.4 Å². The highest BCUT2D eigenvalue weighted by Crippen LogP contribution is 2.30. The summed E-state index contributed by atoms with van der Waals surface area (Å²) in [6, 6.07) is 13.0. The Labute approximate surface area is 176 Å². The molecule has 2 aromatic carbocycles. The lowest BCUT2D eigenvalue weighted by atomic mass is 10.1. The molecule has 0 spiro atoms. The van der Waals surface area contributed by atoms with Crippen molar-refractivity contribution in [3.8, 4) is 17.2 Å². The van der Waals surface area contributed by atoms with E-state index in [1.807, 2.05) is 19.1 Å². The number of pyridine rings is 1. The van der Waals surface area contributed by atoms with E-state index in [0.717, 1.165) is 5.56 Å². The molecular formula is C22H18N4O5. The second-order valence-corrected chi connectivity index (χ2v) is 6.70. The number of carbonyl (C=O) groups is 1. The quantitative estimate of drug-likeness (QED) is 0.354. The van der Waals surface area contributed by atoms with Crippen molar-refractivity contribution in [2.24, 2.45) is 0 Å². The first-order chi connectivity index (χ1) is 15.0. The van der Waals surface area contributed by atoms with Gasteiger partial charge >= 0.3 is 5.69 Å². The van der Waals surface area contributed by atoms with E-state index < -0.39 is 10.8 Å². The predicted molar refractivity (Wildman–Crippen MR) is 114 cm³/mol. The zero-order valence-electron chi connectivity index (χ0n) is 16.8. The van der Waals surface area contributed by atoms with Crippen molar-refractivity contribution < 1.29 is 18.9 Å². The van der Waals surface area contributed by atoms with Gasteiger partial charge in [-0.15, -0.1) is 0 Å². The molecule has 4 rings (SSSR count). The summed E-state index contributed by atoms with van der Waals surface area (Å²) in [5.41, 5.74) is 2.94. The van der Waals surface area contributed by atoms with Crippen molar-refractivity contribution in [3.05, 3.63) is 76.0 Å². The second-order valence-electron chi connectivity index (χ2n) is 6.70. The van der Waals surface area contributed by atoms with Crippen molar-refractivity contribution in [2.75, 3.05) is 11.9 Å². The first kappa shape index (κ1) is 20.0. The molecule has 4 aromatic rings. The van der Waals surface area contributed by atoms with Gasteiger partial charge in [0.05, 0.1) is 11.5 Å². The highest BCUT2D eigenvalue weighted by molar-refractivity contribution is 6.05. The molecule has 0 bridgehead atoms. The fraction of sp³-hybridized carbons (Fsp3) is 0.136. The molecule has 0 radical (unpaired) electrons. The minimum atomic E-state index is -0.574. The van der Waals surface area contributed by atoms with Crippen LogP contribution in [0, 0.1) is 17.0 Å². The minimum Gasteiger partial charge on any atom is -0.487 e.